The molecule has 0 fully saturated rings. The molecule has 4 nitrogen and oxygen atoms in total. The minimum Gasteiger partial charge on any atom is -0.449 e. The van der Waals surface area contributed by atoms with Crippen molar-refractivity contribution in [2.45, 2.75) is 18.9 Å². The number of nitrogens with two attached hydrogens (primary N) is 1. The highest BCUT2D eigenvalue weighted by Crippen LogP contribution is 2.44. The minimum atomic E-state index is -0.417. The van der Waals surface area contributed by atoms with Gasteiger partial charge in [-0.25, -0.2) is 4.79 Å². The molecule has 114 valence electrons. The smallest absolute Gasteiger partial charge is 0.407 e. The van der Waals surface area contributed by atoms with Gasteiger partial charge in [-0.2, -0.15) is 0 Å². The Labute approximate surface area is 130 Å². The lowest BCUT2D eigenvalue weighted by molar-refractivity contribution is 0.142. The lowest BCUT2D eigenvalue weighted by Gasteiger charge is -2.15. The van der Waals surface area contributed by atoms with E-state index in [-0.39, 0.29) is 12.0 Å². The highest BCUT2D eigenvalue weighted by atomic mass is 16.5. The van der Waals surface area contributed by atoms with Crippen molar-refractivity contribution < 1.29 is 9.53 Å². The zero-order valence-corrected chi connectivity index (χ0v) is 12.6. The van der Waals surface area contributed by atoms with Crippen molar-refractivity contribution in [1.29, 1.82) is 0 Å². The zero-order chi connectivity index (χ0) is 15.5. The second-order valence-electron chi connectivity index (χ2n) is 5.68. The quantitative estimate of drug-likeness (QED) is 0.912. The van der Waals surface area contributed by atoms with Gasteiger partial charge in [0.15, 0.2) is 0 Å². The summed E-state index contributed by atoms with van der Waals surface area (Å²) in [5, 5.41) is 2.67. The number of nitrogens with one attached hydrogen (secondary N) is 1. The Balaban J connectivity index is 1.75. The van der Waals surface area contributed by atoms with Crippen LogP contribution in [0.1, 0.15) is 24.0 Å². The van der Waals surface area contributed by atoms with Gasteiger partial charge in [0.1, 0.15) is 6.61 Å². The fourth-order valence-corrected chi connectivity index (χ4v) is 2.89. The molecule has 0 aromatic heterocycles. The minimum absolute atomic E-state index is 0.0829. The lowest BCUT2D eigenvalue weighted by atomic mass is 9.98. The maximum Gasteiger partial charge on any atom is 0.407 e. The van der Waals surface area contributed by atoms with Gasteiger partial charge in [-0.3, -0.25) is 0 Å². The summed E-state index contributed by atoms with van der Waals surface area (Å²) in [6.45, 7) is 2.58. The van der Waals surface area contributed by atoms with Gasteiger partial charge in [0, 0.05) is 18.5 Å². The molecular formula is C18H20N2O2. The molecule has 2 aromatic rings. The Morgan fingerprint density at radius 3 is 2.23 bits per heavy atom. The monoisotopic (exact) mass is 296 g/mol. The first-order valence-electron chi connectivity index (χ1n) is 7.51. The molecule has 2 aromatic carbocycles. The van der Waals surface area contributed by atoms with E-state index in [4.69, 9.17) is 10.5 Å². The molecule has 1 amide bonds. The van der Waals surface area contributed by atoms with Gasteiger partial charge in [0.25, 0.3) is 0 Å². The van der Waals surface area contributed by atoms with Crippen LogP contribution in [0.25, 0.3) is 11.1 Å². The molecule has 1 aliphatic rings. The predicted octanol–water partition coefficient (Wildman–Crippen LogP) is 2.87. The molecule has 0 spiro atoms. The van der Waals surface area contributed by atoms with E-state index < -0.39 is 6.09 Å². The molecule has 1 atom stereocenters. The molecule has 1 unspecified atom stereocenters. The van der Waals surface area contributed by atoms with Crippen LogP contribution in [0.15, 0.2) is 48.5 Å². The number of benzene rings is 2. The molecule has 4 heteroatoms. The van der Waals surface area contributed by atoms with Crippen LogP contribution in [-0.2, 0) is 4.74 Å². The van der Waals surface area contributed by atoms with Gasteiger partial charge >= 0.3 is 6.09 Å². The van der Waals surface area contributed by atoms with Gasteiger partial charge in [0.2, 0.25) is 0 Å². The van der Waals surface area contributed by atoms with E-state index in [0.29, 0.717) is 13.2 Å². The summed E-state index contributed by atoms with van der Waals surface area (Å²) in [4.78, 5) is 11.7. The SMILES string of the molecule is CC(N)CNC(=O)OCC1c2ccccc2-c2ccccc21. The van der Waals surface area contributed by atoms with E-state index in [1.165, 1.54) is 22.3 Å². The normalized spacial score (nSPS) is 14.1. The Bertz CT molecular complexity index is 637. The molecule has 0 heterocycles. The first kappa shape index (κ1) is 14.6. The first-order valence-corrected chi connectivity index (χ1v) is 7.51. The summed E-state index contributed by atoms with van der Waals surface area (Å²) in [5.41, 5.74) is 10.5. The van der Waals surface area contributed by atoms with E-state index in [1.54, 1.807) is 0 Å². The van der Waals surface area contributed by atoms with Crippen LogP contribution in [0.3, 0.4) is 0 Å². The number of ether oxygens (including phenoxy) is 1. The predicted molar refractivity (Wildman–Crippen MR) is 86.7 cm³/mol. The van der Waals surface area contributed by atoms with Crippen LogP contribution in [0, 0.1) is 0 Å². The van der Waals surface area contributed by atoms with Gasteiger partial charge in [-0.15, -0.1) is 0 Å². The van der Waals surface area contributed by atoms with Crippen LogP contribution >= 0.6 is 0 Å². The highest BCUT2D eigenvalue weighted by molar-refractivity contribution is 5.79. The van der Waals surface area contributed by atoms with Crippen molar-refractivity contribution in [2.24, 2.45) is 5.73 Å². The Morgan fingerprint density at radius 1 is 1.14 bits per heavy atom. The molecule has 3 N–H and O–H groups in total. The summed E-state index contributed by atoms with van der Waals surface area (Å²) < 4.78 is 5.38. The number of hydrogen-bond donors (Lipinski definition) is 2. The van der Waals surface area contributed by atoms with E-state index in [1.807, 2.05) is 31.2 Å². The van der Waals surface area contributed by atoms with Crippen molar-refractivity contribution in [3.8, 4) is 11.1 Å². The van der Waals surface area contributed by atoms with Crippen molar-refractivity contribution in [2.75, 3.05) is 13.2 Å². The lowest BCUT2D eigenvalue weighted by Crippen LogP contribution is -2.36. The first-order chi connectivity index (χ1) is 10.7. The standard InChI is InChI=1S/C18H20N2O2/c1-12(19)10-20-18(21)22-11-17-15-8-4-2-6-13(15)14-7-3-5-9-16(14)17/h2-9,12,17H,10-11,19H2,1H3,(H,20,21). The van der Waals surface area contributed by atoms with Crippen molar-refractivity contribution in [3.05, 3.63) is 59.7 Å². The van der Waals surface area contributed by atoms with Crippen molar-refractivity contribution in [1.82, 2.24) is 5.32 Å². The third-order valence-electron chi connectivity index (χ3n) is 3.91. The van der Waals surface area contributed by atoms with Crippen LogP contribution < -0.4 is 11.1 Å². The summed E-state index contributed by atoms with van der Waals surface area (Å²) in [6.07, 6.45) is -0.417. The second kappa shape index (κ2) is 6.20. The van der Waals surface area contributed by atoms with Crippen LogP contribution in [0.4, 0.5) is 4.79 Å². The van der Waals surface area contributed by atoms with Crippen molar-refractivity contribution in [3.63, 3.8) is 0 Å². The molecule has 1 aliphatic carbocycles. The van der Waals surface area contributed by atoms with E-state index in [2.05, 4.69) is 29.6 Å². The number of rotatable bonds is 4. The van der Waals surface area contributed by atoms with Crippen molar-refractivity contribution >= 4 is 6.09 Å². The number of fused-ring (bicyclic) bond motifs is 3. The van der Waals surface area contributed by atoms with E-state index in [9.17, 15) is 4.79 Å². The largest absolute Gasteiger partial charge is 0.449 e. The molecule has 0 aliphatic heterocycles. The van der Waals surface area contributed by atoms with Gasteiger partial charge in [0.05, 0.1) is 0 Å². The van der Waals surface area contributed by atoms with Gasteiger partial charge in [-0.1, -0.05) is 48.5 Å². The molecule has 0 radical (unpaired) electrons. The average molecular weight is 296 g/mol. The number of hydrogen-bond acceptors (Lipinski definition) is 3. The summed E-state index contributed by atoms with van der Waals surface area (Å²) in [6, 6.07) is 16.5. The summed E-state index contributed by atoms with van der Waals surface area (Å²) in [5.74, 6) is 0.0912. The maximum atomic E-state index is 11.7. The average Bonchev–Trinajstić information content (AvgIpc) is 2.85. The molecule has 0 bridgehead atoms. The number of carbonyl (C=O) groups excluding carboxylic acids is 1. The molecule has 0 saturated carbocycles. The zero-order valence-electron chi connectivity index (χ0n) is 12.6. The maximum absolute atomic E-state index is 11.7. The van der Waals surface area contributed by atoms with E-state index >= 15 is 0 Å². The Kier molecular flexibility index (Phi) is 4.11. The Hall–Kier alpha value is -2.33. The molecule has 3 rings (SSSR count). The second-order valence-corrected chi connectivity index (χ2v) is 5.68. The Morgan fingerprint density at radius 2 is 1.68 bits per heavy atom. The fourth-order valence-electron chi connectivity index (χ4n) is 2.89. The number of carbonyl (C=O) groups is 1. The topological polar surface area (TPSA) is 64.3 Å². The number of amides is 1. The van der Waals surface area contributed by atoms with Crippen LogP contribution in [0.2, 0.25) is 0 Å². The molecular weight excluding hydrogens is 276 g/mol. The third kappa shape index (κ3) is 2.83. The summed E-state index contributed by atoms with van der Waals surface area (Å²) >= 11 is 0. The molecule has 0 saturated heterocycles. The van der Waals surface area contributed by atoms with Gasteiger partial charge in [-0.05, 0) is 29.2 Å². The highest BCUT2D eigenvalue weighted by Gasteiger charge is 2.28. The van der Waals surface area contributed by atoms with Crippen LogP contribution in [0.5, 0.6) is 0 Å². The fraction of sp³-hybridized carbons (Fsp3) is 0.278. The summed E-state index contributed by atoms with van der Waals surface area (Å²) in [7, 11) is 0. The van der Waals surface area contributed by atoms with Gasteiger partial charge < -0.3 is 15.8 Å². The third-order valence-corrected chi connectivity index (χ3v) is 3.91. The number of alkyl carbamates (subject to hydrolysis) is 1. The van der Waals surface area contributed by atoms with E-state index in [0.717, 1.165) is 0 Å². The molecule has 22 heavy (non-hydrogen) atoms. The van der Waals surface area contributed by atoms with Crippen LogP contribution in [-0.4, -0.2) is 25.3 Å².